The Bertz CT molecular complexity index is 1310. The van der Waals surface area contributed by atoms with Gasteiger partial charge in [0.2, 0.25) is 11.8 Å². The number of ether oxygens (including phenoxy) is 2. The van der Waals surface area contributed by atoms with Crippen LogP contribution in [0, 0.1) is 6.92 Å². The zero-order valence-electron chi connectivity index (χ0n) is 23.3. The van der Waals surface area contributed by atoms with Crippen molar-refractivity contribution in [2.45, 2.75) is 58.3 Å². The van der Waals surface area contributed by atoms with Gasteiger partial charge in [-0.2, -0.15) is 0 Å². The number of carbonyl (C=O) groups excluding carboxylic acids is 5. The van der Waals surface area contributed by atoms with E-state index in [9.17, 15) is 24.0 Å². The molecule has 1 fully saturated rings. The predicted molar refractivity (Wildman–Crippen MR) is 149 cm³/mol. The molecule has 1 saturated heterocycles. The Morgan fingerprint density at radius 3 is 2.34 bits per heavy atom. The number of hydrogen-bond acceptors (Lipinski definition) is 8. The van der Waals surface area contributed by atoms with Crippen molar-refractivity contribution in [3.63, 3.8) is 0 Å². The van der Waals surface area contributed by atoms with Gasteiger partial charge in [-0.1, -0.05) is 41.8 Å². The summed E-state index contributed by atoms with van der Waals surface area (Å²) in [6, 6.07) is 11.6. The SMILES string of the molecule is CCCOCCNC(=O)CCCC(=O)Nc1ccc2c(c1)C(COC(=O)ON1C(=O)CCC1=O)c1cc(C)ccc1-2. The van der Waals surface area contributed by atoms with Gasteiger partial charge in [0, 0.05) is 50.4 Å². The Balaban J connectivity index is 1.35. The molecule has 0 radical (unpaired) electrons. The normalized spacial score (nSPS) is 15.4. The summed E-state index contributed by atoms with van der Waals surface area (Å²) in [6.45, 7) is 5.46. The molecule has 2 aromatic carbocycles. The first-order valence-electron chi connectivity index (χ1n) is 13.9. The van der Waals surface area contributed by atoms with Crippen LogP contribution >= 0.6 is 0 Å². The number of nitrogens with one attached hydrogen (secondary N) is 2. The Morgan fingerprint density at radius 1 is 0.927 bits per heavy atom. The molecule has 0 bridgehead atoms. The van der Waals surface area contributed by atoms with E-state index in [1.165, 1.54) is 0 Å². The molecule has 41 heavy (non-hydrogen) atoms. The lowest BCUT2D eigenvalue weighted by Gasteiger charge is -2.17. The molecule has 11 heteroatoms. The first-order valence-corrected chi connectivity index (χ1v) is 13.9. The molecule has 218 valence electrons. The minimum Gasteiger partial charge on any atom is -0.432 e. The van der Waals surface area contributed by atoms with Crippen LogP contribution in [0.3, 0.4) is 0 Å². The van der Waals surface area contributed by atoms with Crippen molar-refractivity contribution >= 4 is 35.5 Å². The number of imide groups is 1. The van der Waals surface area contributed by atoms with Crippen molar-refractivity contribution in [2.24, 2.45) is 0 Å². The Morgan fingerprint density at radius 2 is 1.61 bits per heavy atom. The lowest BCUT2D eigenvalue weighted by Crippen LogP contribution is -2.32. The van der Waals surface area contributed by atoms with Crippen LogP contribution in [0.4, 0.5) is 10.5 Å². The monoisotopic (exact) mass is 565 g/mol. The summed E-state index contributed by atoms with van der Waals surface area (Å²) in [6.07, 6.45) is 0.596. The van der Waals surface area contributed by atoms with Crippen molar-refractivity contribution in [3.8, 4) is 11.1 Å². The highest BCUT2D eigenvalue weighted by atomic mass is 16.8. The van der Waals surface area contributed by atoms with Crippen LogP contribution in [0.5, 0.6) is 0 Å². The fourth-order valence-corrected chi connectivity index (χ4v) is 4.88. The molecule has 2 aliphatic rings. The quantitative estimate of drug-likeness (QED) is 0.211. The van der Waals surface area contributed by atoms with Crippen molar-refractivity contribution in [1.82, 2.24) is 10.4 Å². The molecule has 1 aliphatic carbocycles. The van der Waals surface area contributed by atoms with Gasteiger partial charge in [0.25, 0.3) is 11.8 Å². The van der Waals surface area contributed by atoms with Crippen molar-refractivity contribution < 1.29 is 38.3 Å². The van der Waals surface area contributed by atoms with Crippen LogP contribution in [-0.4, -0.2) is 61.2 Å². The summed E-state index contributed by atoms with van der Waals surface area (Å²) >= 11 is 0. The molecule has 4 rings (SSSR count). The average molecular weight is 566 g/mol. The van der Waals surface area contributed by atoms with E-state index < -0.39 is 18.0 Å². The number of hydroxylamine groups is 2. The summed E-state index contributed by atoms with van der Waals surface area (Å²) in [7, 11) is 0. The molecule has 1 aliphatic heterocycles. The maximum Gasteiger partial charge on any atom is 0.533 e. The number of amides is 4. The second-order valence-corrected chi connectivity index (χ2v) is 10.0. The number of hydrogen-bond donors (Lipinski definition) is 2. The molecular formula is C30H35N3O8. The number of benzene rings is 2. The highest BCUT2D eigenvalue weighted by Gasteiger charge is 2.35. The lowest BCUT2D eigenvalue weighted by atomic mass is 9.96. The van der Waals surface area contributed by atoms with Gasteiger partial charge < -0.3 is 20.1 Å². The van der Waals surface area contributed by atoms with Gasteiger partial charge in [-0.15, -0.1) is 0 Å². The van der Waals surface area contributed by atoms with Gasteiger partial charge in [-0.3, -0.25) is 24.0 Å². The van der Waals surface area contributed by atoms with E-state index in [-0.39, 0.29) is 50.0 Å². The maximum atomic E-state index is 12.6. The minimum atomic E-state index is -1.14. The van der Waals surface area contributed by atoms with E-state index in [1.807, 2.05) is 50.2 Å². The summed E-state index contributed by atoms with van der Waals surface area (Å²) in [4.78, 5) is 65.2. The molecule has 0 aromatic heterocycles. The predicted octanol–water partition coefficient (Wildman–Crippen LogP) is 3.98. The lowest BCUT2D eigenvalue weighted by molar-refractivity contribution is -0.177. The van der Waals surface area contributed by atoms with E-state index in [0.717, 1.165) is 34.2 Å². The second-order valence-electron chi connectivity index (χ2n) is 10.0. The molecular weight excluding hydrogens is 530 g/mol. The number of fused-ring (bicyclic) bond motifs is 3. The fourth-order valence-electron chi connectivity index (χ4n) is 4.88. The second kappa shape index (κ2) is 13.9. The summed E-state index contributed by atoms with van der Waals surface area (Å²) in [5.74, 6) is -1.86. The molecule has 11 nitrogen and oxygen atoms in total. The van der Waals surface area contributed by atoms with Crippen molar-refractivity contribution in [2.75, 3.05) is 31.7 Å². The fraction of sp³-hybridized carbons (Fsp3) is 0.433. The van der Waals surface area contributed by atoms with Gasteiger partial charge in [0.15, 0.2) is 0 Å². The smallest absolute Gasteiger partial charge is 0.432 e. The summed E-state index contributed by atoms with van der Waals surface area (Å²) in [5.41, 5.74) is 5.36. The third kappa shape index (κ3) is 7.69. The largest absolute Gasteiger partial charge is 0.533 e. The van der Waals surface area contributed by atoms with Crippen LogP contribution in [-0.2, 0) is 33.5 Å². The van der Waals surface area contributed by atoms with Crippen molar-refractivity contribution in [3.05, 3.63) is 53.1 Å². The van der Waals surface area contributed by atoms with Crippen LogP contribution in [0.1, 0.15) is 68.1 Å². The molecule has 0 saturated carbocycles. The molecule has 0 spiro atoms. The highest BCUT2D eigenvalue weighted by Crippen LogP contribution is 2.46. The van der Waals surface area contributed by atoms with Crippen LogP contribution in [0.25, 0.3) is 11.1 Å². The van der Waals surface area contributed by atoms with E-state index in [1.54, 1.807) is 0 Å². The molecule has 1 unspecified atom stereocenters. The van der Waals surface area contributed by atoms with Gasteiger partial charge in [-0.25, -0.2) is 4.79 Å². The minimum absolute atomic E-state index is 0.00892. The number of nitrogens with zero attached hydrogens (tertiary/aromatic N) is 1. The molecule has 1 heterocycles. The summed E-state index contributed by atoms with van der Waals surface area (Å²) < 4.78 is 10.7. The Labute approximate surface area is 238 Å². The number of carbonyl (C=O) groups is 5. The maximum absolute atomic E-state index is 12.6. The zero-order valence-corrected chi connectivity index (χ0v) is 23.3. The average Bonchev–Trinajstić information content (AvgIpc) is 3.42. The Hall–Kier alpha value is -4.25. The van der Waals surface area contributed by atoms with Gasteiger partial charge in [0.1, 0.15) is 6.61 Å². The third-order valence-corrected chi connectivity index (χ3v) is 6.85. The van der Waals surface area contributed by atoms with E-state index >= 15 is 0 Å². The molecule has 4 amide bonds. The standard InChI is InChI=1S/C30H35N3O8/c1-3-14-39-15-13-31-26(34)5-4-6-27(35)32-20-8-10-22-21-9-7-19(2)16-23(21)25(24(22)17-20)18-40-30(38)41-33-28(36)11-12-29(33)37/h7-10,16-17,25H,3-6,11-15,18H2,1-2H3,(H,31,34)(H,32,35). The van der Waals surface area contributed by atoms with Gasteiger partial charge in [-0.05, 0) is 54.2 Å². The van der Waals surface area contributed by atoms with Crippen molar-refractivity contribution in [1.29, 1.82) is 0 Å². The van der Waals surface area contributed by atoms with E-state index in [2.05, 4.69) is 10.6 Å². The van der Waals surface area contributed by atoms with Crippen LogP contribution < -0.4 is 10.6 Å². The number of rotatable bonds is 13. The number of aryl methyl sites for hydroxylation is 1. The van der Waals surface area contributed by atoms with Crippen LogP contribution in [0.15, 0.2) is 36.4 Å². The first kappa shape index (κ1) is 29.7. The summed E-state index contributed by atoms with van der Waals surface area (Å²) in [5, 5.41) is 6.11. The molecule has 2 aromatic rings. The zero-order chi connectivity index (χ0) is 29.4. The molecule has 1 atom stereocenters. The highest BCUT2D eigenvalue weighted by molar-refractivity contribution is 6.01. The third-order valence-electron chi connectivity index (χ3n) is 6.85. The van der Waals surface area contributed by atoms with Gasteiger partial charge in [0.05, 0.1) is 6.61 Å². The van der Waals surface area contributed by atoms with E-state index in [4.69, 9.17) is 14.3 Å². The van der Waals surface area contributed by atoms with Gasteiger partial charge >= 0.3 is 6.16 Å². The first-order chi connectivity index (χ1) is 19.8. The van der Waals surface area contributed by atoms with E-state index in [0.29, 0.717) is 36.9 Å². The number of anilines is 1. The van der Waals surface area contributed by atoms with Crippen LogP contribution in [0.2, 0.25) is 0 Å². The Kier molecular flexibility index (Phi) is 10.1. The molecule has 2 N–H and O–H groups in total. The topological polar surface area (TPSA) is 140 Å².